The van der Waals surface area contributed by atoms with Gasteiger partial charge in [-0.25, -0.2) is 0 Å². The smallest absolute Gasteiger partial charge is 0.248 e. The quantitative estimate of drug-likeness (QED) is 0.647. The van der Waals surface area contributed by atoms with Gasteiger partial charge in [0.15, 0.2) is 0 Å². The average molecular weight is 368 g/mol. The van der Waals surface area contributed by atoms with E-state index in [1.807, 2.05) is 30.5 Å². The molecule has 26 heavy (non-hydrogen) atoms. The van der Waals surface area contributed by atoms with Crippen molar-refractivity contribution in [1.29, 1.82) is 0 Å². The predicted octanol–water partition coefficient (Wildman–Crippen LogP) is 1.06. The summed E-state index contributed by atoms with van der Waals surface area (Å²) in [6.07, 6.45) is 1.99. The molecule has 0 aliphatic rings. The van der Waals surface area contributed by atoms with Crippen molar-refractivity contribution in [3.63, 3.8) is 0 Å². The molecule has 0 atom stereocenters. The molecule has 9 heteroatoms. The molecule has 8 nitrogen and oxygen atoms in total. The van der Waals surface area contributed by atoms with Crippen molar-refractivity contribution in [1.82, 2.24) is 20.2 Å². The Morgan fingerprint density at radius 3 is 2.58 bits per heavy atom. The number of amides is 1. The largest absolute Gasteiger partial charge is 0.545 e. The van der Waals surface area contributed by atoms with Crippen LogP contribution in [0.3, 0.4) is 0 Å². The van der Waals surface area contributed by atoms with Gasteiger partial charge >= 0.3 is 0 Å². The minimum atomic E-state index is -1.37. The lowest BCUT2D eigenvalue weighted by atomic mass is 10.2. The van der Waals surface area contributed by atoms with E-state index in [9.17, 15) is 14.7 Å². The molecule has 3 aromatic rings. The summed E-state index contributed by atoms with van der Waals surface area (Å²) in [5.41, 5.74) is 0.851. The second kappa shape index (κ2) is 7.79. The maximum Gasteiger partial charge on any atom is 0.248 e. The van der Waals surface area contributed by atoms with Crippen LogP contribution >= 0.6 is 11.8 Å². The molecule has 0 radical (unpaired) electrons. The highest BCUT2D eigenvalue weighted by atomic mass is 32.2. The molecule has 0 unspecified atom stereocenters. The average Bonchev–Trinajstić information content (AvgIpc) is 3.10. The lowest BCUT2D eigenvalue weighted by Crippen LogP contribution is -2.26. The summed E-state index contributed by atoms with van der Waals surface area (Å²) in [6, 6.07) is 13.7. The number of hydrogen-bond acceptors (Lipinski definition) is 7. The van der Waals surface area contributed by atoms with Crippen molar-refractivity contribution >= 4 is 29.3 Å². The van der Waals surface area contributed by atoms with Gasteiger partial charge in [-0.3, -0.25) is 4.79 Å². The predicted molar refractivity (Wildman–Crippen MR) is 94.4 cm³/mol. The van der Waals surface area contributed by atoms with E-state index in [0.29, 0.717) is 5.82 Å². The molecule has 0 aliphatic carbocycles. The van der Waals surface area contributed by atoms with Crippen LogP contribution in [0.25, 0.3) is 11.4 Å². The molecular formula is C17H14N5O3S-. The normalized spacial score (nSPS) is 10.5. The minimum absolute atomic E-state index is 0.0954. The van der Waals surface area contributed by atoms with Gasteiger partial charge in [-0.2, -0.15) is 4.80 Å². The lowest BCUT2D eigenvalue weighted by molar-refractivity contribution is -0.254. The topological polar surface area (TPSA) is 113 Å². The van der Waals surface area contributed by atoms with Gasteiger partial charge in [0, 0.05) is 21.7 Å². The third kappa shape index (κ3) is 4.06. The second-order valence-electron chi connectivity index (χ2n) is 5.25. The Bertz CT molecular complexity index is 940. The van der Waals surface area contributed by atoms with Crippen molar-refractivity contribution in [3.05, 3.63) is 54.1 Å². The fourth-order valence-corrected chi connectivity index (χ4v) is 2.66. The van der Waals surface area contributed by atoms with E-state index >= 15 is 0 Å². The zero-order valence-electron chi connectivity index (χ0n) is 13.7. The van der Waals surface area contributed by atoms with Gasteiger partial charge in [-0.05, 0) is 41.8 Å². The summed E-state index contributed by atoms with van der Waals surface area (Å²) in [4.78, 5) is 25.5. The summed E-state index contributed by atoms with van der Waals surface area (Å²) in [6.45, 7) is -0.197. The van der Waals surface area contributed by atoms with Crippen LogP contribution in [0.2, 0.25) is 0 Å². The molecule has 0 bridgehead atoms. The third-order valence-electron chi connectivity index (χ3n) is 3.51. The van der Waals surface area contributed by atoms with Gasteiger partial charge in [0.2, 0.25) is 11.7 Å². The van der Waals surface area contributed by atoms with E-state index in [1.54, 1.807) is 23.9 Å². The summed E-state index contributed by atoms with van der Waals surface area (Å²) >= 11 is 1.63. The first-order valence-electron chi connectivity index (χ1n) is 7.59. The van der Waals surface area contributed by atoms with Crippen molar-refractivity contribution in [2.45, 2.75) is 11.4 Å². The van der Waals surface area contributed by atoms with Gasteiger partial charge in [-0.15, -0.1) is 22.0 Å². The molecule has 1 N–H and O–H groups in total. The Morgan fingerprint density at radius 1 is 1.15 bits per heavy atom. The number of carbonyl (C=O) groups excluding carboxylic acids is 2. The van der Waals surface area contributed by atoms with E-state index in [0.717, 1.165) is 15.3 Å². The maximum absolute atomic E-state index is 12.1. The van der Waals surface area contributed by atoms with Crippen LogP contribution in [0.1, 0.15) is 10.4 Å². The zero-order chi connectivity index (χ0) is 18.5. The van der Waals surface area contributed by atoms with Crippen LogP contribution < -0.4 is 10.4 Å². The van der Waals surface area contributed by atoms with Gasteiger partial charge in [0.05, 0.1) is 5.97 Å². The van der Waals surface area contributed by atoms with Crippen molar-refractivity contribution in [3.8, 4) is 11.4 Å². The molecule has 0 spiro atoms. The molecule has 1 aromatic heterocycles. The molecule has 3 rings (SSSR count). The number of anilines is 1. The third-order valence-corrected chi connectivity index (χ3v) is 4.25. The van der Waals surface area contributed by atoms with E-state index in [2.05, 4.69) is 20.7 Å². The van der Waals surface area contributed by atoms with Crippen LogP contribution in [0.15, 0.2) is 53.4 Å². The number of thioether (sulfide) groups is 1. The van der Waals surface area contributed by atoms with Crippen LogP contribution in [-0.4, -0.2) is 38.3 Å². The summed E-state index contributed by atoms with van der Waals surface area (Å²) in [5, 5.41) is 25.5. The molecule has 0 fully saturated rings. The summed E-state index contributed by atoms with van der Waals surface area (Å²) < 4.78 is 0. The van der Waals surface area contributed by atoms with Gasteiger partial charge in [-0.1, -0.05) is 18.2 Å². The molecule has 0 aliphatic heterocycles. The lowest BCUT2D eigenvalue weighted by Gasteiger charge is -2.11. The number of aromatic carboxylic acids is 1. The number of para-hydroxylation sites is 1. The van der Waals surface area contributed by atoms with Gasteiger partial charge in [0.1, 0.15) is 6.54 Å². The molecule has 0 saturated heterocycles. The number of carboxylic acids is 1. The zero-order valence-corrected chi connectivity index (χ0v) is 14.6. The van der Waals surface area contributed by atoms with Gasteiger partial charge < -0.3 is 15.2 Å². The van der Waals surface area contributed by atoms with E-state index in [1.165, 1.54) is 12.1 Å². The maximum atomic E-state index is 12.1. The molecule has 1 heterocycles. The molecule has 2 aromatic carbocycles. The number of hydrogen-bond donors (Lipinski definition) is 1. The number of carbonyl (C=O) groups is 2. The number of tetrazole rings is 1. The Balaban J connectivity index is 1.69. The number of benzene rings is 2. The molecular weight excluding hydrogens is 354 g/mol. The number of rotatable bonds is 6. The van der Waals surface area contributed by atoms with E-state index in [4.69, 9.17) is 0 Å². The van der Waals surface area contributed by atoms with Crippen LogP contribution in [0.5, 0.6) is 0 Å². The Labute approximate surface area is 153 Å². The Morgan fingerprint density at radius 2 is 1.88 bits per heavy atom. The molecule has 1 amide bonds. The minimum Gasteiger partial charge on any atom is -0.545 e. The summed E-state index contributed by atoms with van der Waals surface area (Å²) in [5.74, 6) is -1.43. The first kappa shape index (κ1) is 17.6. The highest BCUT2D eigenvalue weighted by molar-refractivity contribution is 7.98. The first-order valence-corrected chi connectivity index (χ1v) is 8.82. The van der Waals surface area contributed by atoms with Crippen LogP contribution in [-0.2, 0) is 11.3 Å². The van der Waals surface area contributed by atoms with Gasteiger partial charge in [0.25, 0.3) is 0 Å². The highest BCUT2D eigenvalue weighted by Crippen LogP contribution is 2.19. The van der Waals surface area contributed by atoms with Crippen molar-refractivity contribution in [2.75, 3.05) is 11.6 Å². The number of aromatic nitrogens is 4. The number of nitrogens with one attached hydrogen (secondary N) is 1. The van der Waals surface area contributed by atoms with E-state index in [-0.39, 0.29) is 17.8 Å². The fraction of sp³-hybridized carbons (Fsp3) is 0.118. The first-order chi connectivity index (χ1) is 12.6. The van der Waals surface area contributed by atoms with Crippen molar-refractivity contribution in [2.24, 2.45) is 0 Å². The Kier molecular flexibility index (Phi) is 5.28. The Hall–Kier alpha value is -3.20. The standard InChI is InChI=1S/C17H15N5O3S/c1-26-12-8-6-11(7-9-12)16-19-21-22(20-16)10-15(23)18-14-5-3-2-4-13(14)17(24)25/h2-9H,10H2,1H3,(H,18,23)(H,24,25)/p-1. The molecule has 132 valence electrons. The van der Waals surface area contributed by atoms with Crippen LogP contribution in [0, 0.1) is 0 Å². The van der Waals surface area contributed by atoms with E-state index < -0.39 is 11.9 Å². The summed E-state index contributed by atoms with van der Waals surface area (Å²) in [7, 11) is 0. The number of carboxylic acid groups (broad SMARTS) is 1. The highest BCUT2D eigenvalue weighted by Gasteiger charge is 2.11. The SMILES string of the molecule is CSc1ccc(-c2nnn(CC(=O)Nc3ccccc3C(=O)[O-])n2)cc1. The second-order valence-corrected chi connectivity index (χ2v) is 6.13. The monoisotopic (exact) mass is 368 g/mol. The van der Waals surface area contributed by atoms with Crippen LogP contribution in [0.4, 0.5) is 5.69 Å². The fourth-order valence-electron chi connectivity index (χ4n) is 2.25. The number of nitrogens with zero attached hydrogens (tertiary/aromatic N) is 4. The molecule has 0 saturated carbocycles. The van der Waals surface area contributed by atoms with Crippen molar-refractivity contribution < 1.29 is 14.7 Å².